The Morgan fingerprint density at radius 3 is 2.24 bits per heavy atom. The van der Waals surface area contributed by atoms with E-state index in [9.17, 15) is 22.4 Å². The first kappa shape index (κ1) is 25.8. The van der Waals surface area contributed by atoms with Gasteiger partial charge in [0.15, 0.2) is 5.78 Å². The van der Waals surface area contributed by atoms with Gasteiger partial charge in [-0.15, -0.1) is 0 Å². The zero-order chi connectivity index (χ0) is 24.9. The summed E-state index contributed by atoms with van der Waals surface area (Å²) >= 11 is 0. The standard InChI is InChI=1S/C24H31FN4O4S/c1-3-34(32,33)29(17-21-7-6-20(14-23(21)25)24(31)15-26)22-8-4-19(5-9-22)16-27-10-12-28(13-11-27)18(2)30/h4-9,14H,3,10-13,15-17,26H2,1-2H3. The maximum atomic E-state index is 14.7. The Kier molecular flexibility index (Phi) is 8.40. The van der Waals surface area contributed by atoms with E-state index in [1.807, 2.05) is 17.0 Å². The normalized spacial score (nSPS) is 14.8. The second-order valence-corrected chi connectivity index (χ2v) is 10.5. The molecule has 184 valence electrons. The van der Waals surface area contributed by atoms with E-state index in [0.29, 0.717) is 25.3 Å². The summed E-state index contributed by atoms with van der Waals surface area (Å²) in [5, 5.41) is 0. The number of sulfonamides is 1. The van der Waals surface area contributed by atoms with Gasteiger partial charge in [-0.2, -0.15) is 0 Å². The van der Waals surface area contributed by atoms with Gasteiger partial charge in [-0.25, -0.2) is 12.8 Å². The number of nitrogens with two attached hydrogens (primary N) is 1. The quantitative estimate of drug-likeness (QED) is 0.539. The van der Waals surface area contributed by atoms with E-state index in [0.717, 1.165) is 24.7 Å². The highest BCUT2D eigenvalue weighted by molar-refractivity contribution is 7.92. The van der Waals surface area contributed by atoms with Crippen molar-refractivity contribution in [2.45, 2.75) is 26.9 Å². The first-order valence-corrected chi connectivity index (χ1v) is 12.8. The van der Waals surface area contributed by atoms with Crippen molar-refractivity contribution in [3.05, 3.63) is 65.0 Å². The molecule has 2 aromatic carbocycles. The molecule has 0 spiro atoms. The number of halogens is 1. The average Bonchev–Trinajstić information content (AvgIpc) is 2.83. The molecule has 2 N–H and O–H groups in total. The van der Waals surface area contributed by atoms with Crippen LogP contribution in [0.3, 0.4) is 0 Å². The van der Waals surface area contributed by atoms with Gasteiger partial charge < -0.3 is 10.6 Å². The van der Waals surface area contributed by atoms with Gasteiger partial charge in [0.1, 0.15) is 5.82 Å². The Hall–Kier alpha value is -2.82. The number of amides is 1. The monoisotopic (exact) mass is 490 g/mol. The molecule has 34 heavy (non-hydrogen) atoms. The summed E-state index contributed by atoms with van der Waals surface area (Å²) in [4.78, 5) is 27.3. The van der Waals surface area contributed by atoms with Crippen LogP contribution in [0, 0.1) is 5.82 Å². The van der Waals surface area contributed by atoms with Crippen molar-refractivity contribution in [2.75, 3.05) is 42.8 Å². The van der Waals surface area contributed by atoms with Crippen molar-refractivity contribution < 1.29 is 22.4 Å². The molecular weight excluding hydrogens is 459 g/mol. The number of ketones is 1. The number of hydrogen-bond acceptors (Lipinski definition) is 6. The molecule has 1 aliphatic rings. The zero-order valence-corrected chi connectivity index (χ0v) is 20.4. The fourth-order valence-corrected chi connectivity index (χ4v) is 4.96. The largest absolute Gasteiger partial charge is 0.340 e. The lowest BCUT2D eigenvalue weighted by molar-refractivity contribution is -0.130. The number of piperazine rings is 1. The minimum Gasteiger partial charge on any atom is -0.340 e. The molecule has 1 amide bonds. The maximum Gasteiger partial charge on any atom is 0.235 e. The molecule has 1 saturated heterocycles. The van der Waals surface area contributed by atoms with E-state index in [1.165, 1.54) is 23.4 Å². The van der Waals surface area contributed by atoms with Crippen LogP contribution < -0.4 is 10.0 Å². The van der Waals surface area contributed by atoms with Crippen molar-refractivity contribution in [3.8, 4) is 0 Å². The topological polar surface area (TPSA) is 104 Å². The Bertz CT molecular complexity index is 1130. The van der Waals surface area contributed by atoms with Gasteiger partial charge >= 0.3 is 0 Å². The smallest absolute Gasteiger partial charge is 0.235 e. The van der Waals surface area contributed by atoms with Gasteiger partial charge in [-0.1, -0.05) is 24.3 Å². The average molecular weight is 491 g/mol. The SMILES string of the molecule is CCS(=O)(=O)N(Cc1ccc(C(=O)CN)cc1F)c1ccc(CN2CCN(C(C)=O)CC2)cc1. The molecule has 1 aliphatic heterocycles. The summed E-state index contributed by atoms with van der Waals surface area (Å²) in [6.07, 6.45) is 0. The third-order valence-corrected chi connectivity index (χ3v) is 7.76. The fourth-order valence-electron chi connectivity index (χ4n) is 3.87. The van der Waals surface area contributed by atoms with E-state index in [1.54, 1.807) is 19.1 Å². The van der Waals surface area contributed by atoms with Crippen molar-refractivity contribution in [1.29, 1.82) is 0 Å². The Balaban J connectivity index is 1.76. The number of hydrogen-bond donors (Lipinski definition) is 1. The number of rotatable bonds is 9. The molecule has 0 aliphatic carbocycles. The molecule has 0 aromatic heterocycles. The number of benzene rings is 2. The molecule has 1 heterocycles. The molecule has 3 rings (SSSR count). The lowest BCUT2D eigenvalue weighted by Gasteiger charge is -2.34. The van der Waals surface area contributed by atoms with Crippen molar-refractivity contribution in [2.24, 2.45) is 5.73 Å². The predicted octanol–water partition coefficient (Wildman–Crippen LogP) is 1.99. The first-order chi connectivity index (χ1) is 16.1. The Morgan fingerprint density at radius 1 is 1.06 bits per heavy atom. The highest BCUT2D eigenvalue weighted by Crippen LogP contribution is 2.24. The number of carbonyl (C=O) groups excluding carboxylic acids is 2. The summed E-state index contributed by atoms with van der Waals surface area (Å²) in [6.45, 7) is 6.33. The van der Waals surface area contributed by atoms with E-state index < -0.39 is 15.8 Å². The summed E-state index contributed by atoms with van der Waals surface area (Å²) in [6, 6.07) is 11.1. The van der Waals surface area contributed by atoms with Crippen molar-refractivity contribution in [1.82, 2.24) is 9.80 Å². The summed E-state index contributed by atoms with van der Waals surface area (Å²) in [5.74, 6) is -1.10. The number of anilines is 1. The van der Waals surface area contributed by atoms with Crippen LogP contribution in [0.2, 0.25) is 0 Å². The molecule has 0 unspecified atom stereocenters. The number of Topliss-reactive ketones (excluding diaryl/α,β-unsaturated/α-hetero) is 1. The van der Waals surface area contributed by atoms with Crippen LogP contribution >= 0.6 is 0 Å². The Labute approximate surface area is 200 Å². The second kappa shape index (κ2) is 11.1. The number of carbonyl (C=O) groups is 2. The zero-order valence-electron chi connectivity index (χ0n) is 19.5. The van der Waals surface area contributed by atoms with Gasteiger partial charge in [0.05, 0.1) is 24.5 Å². The van der Waals surface area contributed by atoms with E-state index in [-0.39, 0.29) is 41.7 Å². The summed E-state index contributed by atoms with van der Waals surface area (Å²) in [7, 11) is -3.68. The van der Waals surface area contributed by atoms with Crippen molar-refractivity contribution in [3.63, 3.8) is 0 Å². The lowest BCUT2D eigenvalue weighted by Crippen LogP contribution is -2.47. The molecule has 2 aromatic rings. The van der Waals surface area contributed by atoms with Gasteiger partial charge in [-0.05, 0) is 30.7 Å². The van der Waals surface area contributed by atoms with Gasteiger partial charge in [0.25, 0.3) is 0 Å². The summed E-state index contributed by atoms with van der Waals surface area (Å²) in [5.41, 5.74) is 7.11. The molecule has 0 bridgehead atoms. The van der Waals surface area contributed by atoms with E-state index in [4.69, 9.17) is 5.73 Å². The van der Waals surface area contributed by atoms with E-state index in [2.05, 4.69) is 4.90 Å². The molecule has 1 fully saturated rings. The van der Waals surface area contributed by atoms with Crippen LogP contribution in [-0.2, 0) is 27.9 Å². The van der Waals surface area contributed by atoms with Crippen LogP contribution in [0.15, 0.2) is 42.5 Å². The molecule has 0 saturated carbocycles. The third-order valence-electron chi connectivity index (χ3n) is 6.02. The van der Waals surface area contributed by atoms with Gasteiger partial charge in [0, 0.05) is 50.8 Å². The van der Waals surface area contributed by atoms with Crippen LogP contribution in [0.1, 0.15) is 35.3 Å². The van der Waals surface area contributed by atoms with Crippen molar-refractivity contribution >= 4 is 27.4 Å². The van der Waals surface area contributed by atoms with Gasteiger partial charge in [0.2, 0.25) is 15.9 Å². The molecule has 10 heteroatoms. The van der Waals surface area contributed by atoms with Crippen LogP contribution in [-0.4, -0.2) is 68.4 Å². The molecule has 8 nitrogen and oxygen atoms in total. The predicted molar refractivity (Wildman–Crippen MR) is 129 cm³/mol. The minimum absolute atomic E-state index is 0.0817. The summed E-state index contributed by atoms with van der Waals surface area (Å²) < 4.78 is 41.5. The molecule has 0 atom stereocenters. The Morgan fingerprint density at radius 2 is 1.71 bits per heavy atom. The maximum absolute atomic E-state index is 14.7. The highest BCUT2D eigenvalue weighted by Gasteiger charge is 2.23. The van der Waals surface area contributed by atoms with E-state index >= 15 is 0 Å². The highest BCUT2D eigenvalue weighted by atomic mass is 32.2. The lowest BCUT2D eigenvalue weighted by atomic mass is 10.1. The van der Waals surface area contributed by atoms with Crippen LogP contribution in [0.4, 0.5) is 10.1 Å². The minimum atomic E-state index is -3.68. The third kappa shape index (κ3) is 6.19. The van der Waals surface area contributed by atoms with Gasteiger partial charge in [-0.3, -0.25) is 18.8 Å². The second-order valence-electron chi connectivity index (χ2n) is 8.29. The molecule has 0 radical (unpaired) electrons. The fraction of sp³-hybridized carbons (Fsp3) is 0.417. The number of nitrogens with zero attached hydrogens (tertiary/aromatic N) is 3. The van der Waals surface area contributed by atoms with Crippen LogP contribution in [0.25, 0.3) is 0 Å². The first-order valence-electron chi connectivity index (χ1n) is 11.2. The van der Waals surface area contributed by atoms with Crippen LogP contribution in [0.5, 0.6) is 0 Å². The molecular formula is C24H31FN4O4S.